The lowest BCUT2D eigenvalue weighted by molar-refractivity contribution is 0.628. The molecule has 0 amide bonds. The van der Waals surface area contributed by atoms with E-state index in [0.29, 0.717) is 11.4 Å². The normalized spacial score (nSPS) is 15.8. The van der Waals surface area contributed by atoms with Crippen molar-refractivity contribution in [1.29, 1.82) is 0 Å². The van der Waals surface area contributed by atoms with Gasteiger partial charge in [-0.1, -0.05) is 0 Å². The zero-order valence-corrected chi connectivity index (χ0v) is 7.39. The van der Waals surface area contributed by atoms with E-state index in [0.717, 1.165) is 12.5 Å². The second-order valence-electron chi connectivity index (χ2n) is 3.56. The predicted octanol–water partition coefficient (Wildman–Crippen LogP) is 2.23. The van der Waals surface area contributed by atoms with Gasteiger partial charge in [-0.3, -0.25) is 0 Å². The molecule has 0 heterocycles. The summed E-state index contributed by atoms with van der Waals surface area (Å²) in [5.41, 5.74) is 6.99. The van der Waals surface area contributed by atoms with Gasteiger partial charge >= 0.3 is 0 Å². The summed E-state index contributed by atoms with van der Waals surface area (Å²) in [6, 6.07) is 4.40. The van der Waals surface area contributed by atoms with Crippen molar-refractivity contribution >= 4 is 11.4 Å². The highest BCUT2D eigenvalue weighted by Crippen LogP contribution is 2.30. The molecule has 0 radical (unpaired) electrons. The van der Waals surface area contributed by atoms with Crippen LogP contribution in [0.4, 0.5) is 15.8 Å². The largest absolute Gasteiger partial charge is 0.397 e. The van der Waals surface area contributed by atoms with Gasteiger partial charge in [0.25, 0.3) is 0 Å². The van der Waals surface area contributed by atoms with Gasteiger partial charge in [0.15, 0.2) is 0 Å². The summed E-state index contributed by atoms with van der Waals surface area (Å²) in [6.07, 6.45) is 2.56. The molecule has 1 saturated carbocycles. The van der Waals surface area contributed by atoms with E-state index in [4.69, 9.17) is 5.73 Å². The van der Waals surface area contributed by atoms with Gasteiger partial charge in [-0.15, -0.1) is 0 Å². The number of rotatable bonds is 3. The van der Waals surface area contributed by atoms with Crippen LogP contribution in [0.15, 0.2) is 18.2 Å². The van der Waals surface area contributed by atoms with Crippen LogP contribution >= 0.6 is 0 Å². The smallest absolute Gasteiger partial charge is 0.125 e. The van der Waals surface area contributed by atoms with Crippen molar-refractivity contribution in [1.82, 2.24) is 0 Å². The molecule has 0 atom stereocenters. The van der Waals surface area contributed by atoms with Gasteiger partial charge in [0.1, 0.15) is 5.82 Å². The van der Waals surface area contributed by atoms with Gasteiger partial charge in [-0.2, -0.15) is 0 Å². The molecule has 0 bridgehead atoms. The lowest BCUT2D eigenvalue weighted by Crippen LogP contribution is -2.05. The third-order valence-corrected chi connectivity index (χ3v) is 2.29. The molecule has 0 saturated heterocycles. The Bertz CT molecular complexity index is 308. The first-order valence-corrected chi connectivity index (χ1v) is 4.54. The van der Waals surface area contributed by atoms with Gasteiger partial charge in [0.05, 0.1) is 11.4 Å². The van der Waals surface area contributed by atoms with Gasteiger partial charge < -0.3 is 11.1 Å². The number of nitrogens with two attached hydrogens (primary N) is 1. The molecule has 0 spiro atoms. The first-order chi connectivity index (χ1) is 6.25. The minimum Gasteiger partial charge on any atom is -0.397 e. The fraction of sp³-hybridized carbons (Fsp3) is 0.400. The number of anilines is 2. The Morgan fingerprint density at radius 2 is 2.23 bits per heavy atom. The van der Waals surface area contributed by atoms with Crippen LogP contribution in [-0.2, 0) is 0 Å². The molecular weight excluding hydrogens is 167 g/mol. The summed E-state index contributed by atoms with van der Waals surface area (Å²) < 4.78 is 12.8. The van der Waals surface area contributed by atoms with Crippen LogP contribution in [0, 0.1) is 11.7 Å². The predicted molar refractivity (Wildman–Crippen MR) is 52.0 cm³/mol. The Morgan fingerprint density at radius 1 is 1.46 bits per heavy atom. The second-order valence-corrected chi connectivity index (χ2v) is 3.56. The maximum atomic E-state index is 12.8. The number of benzene rings is 1. The van der Waals surface area contributed by atoms with Crippen LogP contribution in [0.5, 0.6) is 0 Å². The highest BCUT2D eigenvalue weighted by molar-refractivity contribution is 5.65. The number of nitrogens with one attached hydrogen (secondary N) is 1. The fourth-order valence-electron chi connectivity index (χ4n) is 1.26. The molecule has 3 N–H and O–H groups in total. The third kappa shape index (κ3) is 2.11. The zero-order chi connectivity index (χ0) is 9.26. The molecule has 1 aliphatic carbocycles. The molecule has 1 fully saturated rings. The van der Waals surface area contributed by atoms with Gasteiger partial charge in [-0.25, -0.2) is 4.39 Å². The summed E-state index contributed by atoms with van der Waals surface area (Å²) in [4.78, 5) is 0. The Morgan fingerprint density at radius 3 is 2.92 bits per heavy atom. The average Bonchev–Trinajstić information content (AvgIpc) is 2.90. The molecule has 0 unspecified atom stereocenters. The molecule has 13 heavy (non-hydrogen) atoms. The molecule has 2 rings (SSSR count). The SMILES string of the molecule is Nc1ccc(F)cc1NCC1CC1. The standard InChI is InChI=1S/C10H13FN2/c11-8-3-4-9(12)10(5-8)13-6-7-1-2-7/h3-5,7,13H,1-2,6,12H2. The number of hydrogen-bond donors (Lipinski definition) is 2. The van der Waals surface area contributed by atoms with Crippen molar-refractivity contribution in [2.75, 3.05) is 17.6 Å². The van der Waals surface area contributed by atoms with Crippen molar-refractivity contribution in [3.05, 3.63) is 24.0 Å². The minimum absolute atomic E-state index is 0.243. The number of nitrogen functional groups attached to an aromatic ring is 1. The molecule has 0 aliphatic heterocycles. The number of hydrogen-bond acceptors (Lipinski definition) is 2. The zero-order valence-electron chi connectivity index (χ0n) is 7.39. The van der Waals surface area contributed by atoms with Gasteiger partial charge in [-0.05, 0) is 37.0 Å². The Hall–Kier alpha value is -1.25. The van der Waals surface area contributed by atoms with Crippen LogP contribution in [-0.4, -0.2) is 6.54 Å². The summed E-state index contributed by atoms with van der Waals surface area (Å²) >= 11 is 0. The quantitative estimate of drug-likeness (QED) is 0.700. The van der Waals surface area contributed by atoms with Gasteiger partial charge in [0, 0.05) is 6.54 Å². The third-order valence-electron chi connectivity index (χ3n) is 2.29. The van der Waals surface area contributed by atoms with Crippen LogP contribution in [0.25, 0.3) is 0 Å². The molecule has 2 nitrogen and oxygen atoms in total. The summed E-state index contributed by atoms with van der Waals surface area (Å²) in [5, 5.41) is 3.15. The topological polar surface area (TPSA) is 38.0 Å². The van der Waals surface area contributed by atoms with Crippen LogP contribution in [0.1, 0.15) is 12.8 Å². The van der Waals surface area contributed by atoms with Crippen molar-refractivity contribution in [3.63, 3.8) is 0 Å². The van der Waals surface area contributed by atoms with Crippen molar-refractivity contribution in [3.8, 4) is 0 Å². The van der Waals surface area contributed by atoms with E-state index in [9.17, 15) is 4.39 Å². The van der Waals surface area contributed by atoms with E-state index >= 15 is 0 Å². The first-order valence-electron chi connectivity index (χ1n) is 4.54. The van der Waals surface area contributed by atoms with Crippen LogP contribution in [0.3, 0.4) is 0 Å². The first kappa shape index (κ1) is 8.35. The van der Waals surface area contributed by atoms with Gasteiger partial charge in [0.2, 0.25) is 0 Å². The maximum absolute atomic E-state index is 12.8. The lowest BCUT2D eigenvalue weighted by Gasteiger charge is -2.07. The van der Waals surface area contributed by atoms with E-state index < -0.39 is 0 Å². The molecule has 3 heteroatoms. The lowest BCUT2D eigenvalue weighted by atomic mass is 10.2. The Balaban J connectivity index is 2.03. The molecular formula is C10H13FN2. The average molecular weight is 180 g/mol. The Kier molecular flexibility index (Phi) is 2.08. The molecule has 1 aromatic rings. The Labute approximate surface area is 76.9 Å². The number of halogens is 1. The van der Waals surface area contributed by atoms with Crippen molar-refractivity contribution in [2.24, 2.45) is 5.92 Å². The molecule has 70 valence electrons. The molecule has 0 aromatic heterocycles. The van der Waals surface area contributed by atoms with E-state index in [-0.39, 0.29) is 5.82 Å². The molecule has 1 aliphatic rings. The van der Waals surface area contributed by atoms with Crippen molar-refractivity contribution < 1.29 is 4.39 Å². The maximum Gasteiger partial charge on any atom is 0.125 e. The summed E-state index contributed by atoms with van der Waals surface area (Å²) in [5.74, 6) is 0.523. The second kappa shape index (κ2) is 3.24. The summed E-state index contributed by atoms with van der Waals surface area (Å²) in [6.45, 7) is 0.910. The molecule has 1 aromatic carbocycles. The fourth-order valence-corrected chi connectivity index (χ4v) is 1.26. The van der Waals surface area contributed by atoms with Crippen molar-refractivity contribution in [2.45, 2.75) is 12.8 Å². The highest BCUT2D eigenvalue weighted by atomic mass is 19.1. The van der Waals surface area contributed by atoms with Crippen LogP contribution < -0.4 is 11.1 Å². The van der Waals surface area contributed by atoms with Crippen LogP contribution in [0.2, 0.25) is 0 Å². The van der Waals surface area contributed by atoms with E-state index in [1.165, 1.54) is 25.0 Å². The minimum atomic E-state index is -0.243. The monoisotopic (exact) mass is 180 g/mol. The van der Waals surface area contributed by atoms with E-state index in [1.807, 2.05) is 0 Å². The summed E-state index contributed by atoms with van der Waals surface area (Å²) in [7, 11) is 0. The van der Waals surface area contributed by atoms with E-state index in [1.54, 1.807) is 6.07 Å². The van der Waals surface area contributed by atoms with E-state index in [2.05, 4.69) is 5.32 Å². The highest BCUT2D eigenvalue weighted by Gasteiger charge is 2.20.